The van der Waals surface area contributed by atoms with E-state index < -0.39 is 6.04 Å². The van der Waals surface area contributed by atoms with E-state index in [1.165, 1.54) is 6.92 Å². The first-order valence-electron chi connectivity index (χ1n) is 5.92. The number of amides is 2. The zero-order valence-corrected chi connectivity index (χ0v) is 12.0. The number of fused-ring (bicyclic) bond motifs is 1. The van der Waals surface area contributed by atoms with Crippen molar-refractivity contribution in [3.63, 3.8) is 0 Å². The number of nitrogens with zero attached hydrogens (tertiary/aromatic N) is 1. The molecule has 4 nitrogen and oxygen atoms in total. The molecule has 1 N–H and O–H groups in total. The van der Waals surface area contributed by atoms with Crippen molar-refractivity contribution in [2.24, 2.45) is 0 Å². The molecule has 18 heavy (non-hydrogen) atoms. The summed E-state index contributed by atoms with van der Waals surface area (Å²) in [5.74, 6) is -0.252. The molecule has 0 bridgehead atoms. The van der Waals surface area contributed by atoms with Crippen molar-refractivity contribution >= 4 is 33.4 Å². The van der Waals surface area contributed by atoms with Gasteiger partial charge >= 0.3 is 0 Å². The largest absolute Gasteiger partial charge is 0.341 e. The third-order valence-electron chi connectivity index (χ3n) is 2.90. The first kappa shape index (κ1) is 13.1. The Bertz CT molecular complexity index is 502. The van der Waals surface area contributed by atoms with Crippen LogP contribution in [0, 0.1) is 0 Å². The molecule has 0 aromatic heterocycles. The van der Waals surface area contributed by atoms with Crippen LogP contribution >= 0.6 is 15.9 Å². The number of carbonyl (C=O) groups excluding carboxylic acids is 2. The van der Waals surface area contributed by atoms with Gasteiger partial charge < -0.3 is 10.2 Å². The highest BCUT2D eigenvalue weighted by Crippen LogP contribution is 2.37. The molecule has 5 heteroatoms. The fourth-order valence-corrected chi connectivity index (χ4v) is 2.59. The van der Waals surface area contributed by atoms with Crippen LogP contribution in [0.3, 0.4) is 0 Å². The predicted octanol–water partition coefficient (Wildman–Crippen LogP) is 2.38. The number of hydrogen-bond donors (Lipinski definition) is 1. The maximum absolute atomic E-state index is 12.3. The number of nitrogens with one attached hydrogen (secondary N) is 1. The van der Waals surface area contributed by atoms with Crippen molar-refractivity contribution in [1.29, 1.82) is 0 Å². The molecule has 2 amide bonds. The number of halogens is 1. The second-order valence-electron chi connectivity index (χ2n) is 4.33. The van der Waals surface area contributed by atoms with Crippen molar-refractivity contribution in [2.45, 2.75) is 26.3 Å². The van der Waals surface area contributed by atoms with Gasteiger partial charge in [-0.2, -0.15) is 0 Å². The lowest BCUT2D eigenvalue weighted by atomic mass is 10.1. The molecule has 1 aromatic rings. The highest BCUT2D eigenvalue weighted by atomic mass is 79.9. The Morgan fingerprint density at radius 3 is 2.83 bits per heavy atom. The lowest BCUT2D eigenvalue weighted by Crippen LogP contribution is -2.36. The van der Waals surface area contributed by atoms with E-state index in [4.69, 9.17) is 0 Å². The Kier molecular flexibility index (Phi) is 3.71. The molecule has 1 aromatic carbocycles. The molecule has 0 saturated heterocycles. The molecule has 0 spiro atoms. The summed E-state index contributed by atoms with van der Waals surface area (Å²) in [6.07, 6.45) is 0.883. The van der Waals surface area contributed by atoms with Gasteiger partial charge in [-0.05, 0) is 24.6 Å². The van der Waals surface area contributed by atoms with Crippen molar-refractivity contribution in [1.82, 2.24) is 5.32 Å². The first-order valence-corrected chi connectivity index (χ1v) is 6.71. The van der Waals surface area contributed by atoms with Crippen molar-refractivity contribution in [3.8, 4) is 0 Å². The fraction of sp³-hybridized carbons (Fsp3) is 0.385. The SMILES string of the molecule is CCCN1C(=O)[C@H](NC(C)=O)c2cc(Br)ccc21. The van der Waals surface area contributed by atoms with E-state index in [0.29, 0.717) is 6.54 Å². The van der Waals surface area contributed by atoms with E-state index in [1.807, 2.05) is 25.1 Å². The molecule has 0 radical (unpaired) electrons. The molecular weight excluding hydrogens is 296 g/mol. The third kappa shape index (κ3) is 2.27. The van der Waals surface area contributed by atoms with Gasteiger partial charge in [-0.25, -0.2) is 0 Å². The normalized spacial score (nSPS) is 17.8. The molecule has 1 aliphatic rings. The summed E-state index contributed by atoms with van der Waals surface area (Å²) in [5.41, 5.74) is 1.75. The van der Waals surface area contributed by atoms with Crippen LogP contribution in [-0.4, -0.2) is 18.4 Å². The smallest absolute Gasteiger partial charge is 0.254 e. The average molecular weight is 311 g/mol. The molecule has 1 atom stereocenters. The van der Waals surface area contributed by atoms with Gasteiger partial charge in [0.05, 0.1) is 0 Å². The summed E-state index contributed by atoms with van der Waals surface area (Å²) in [5, 5.41) is 2.71. The summed E-state index contributed by atoms with van der Waals surface area (Å²) < 4.78 is 0.905. The Morgan fingerprint density at radius 2 is 2.22 bits per heavy atom. The number of hydrogen-bond acceptors (Lipinski definition) is 2. The molecule has 1 aliphatic heterocycles. The minimum Gasteiger partial charge on any atom is -0.341 e. The highest BCUT2D eigenvalue weighted by Gasteiger charge is 2.37. The van der Waals surface area contributed by atoms with E-state index >= 15 is 0 Å². The van der Waals surface area contributed by atoms with Gasteiger partial charge in [0.25, 0.3) is 5.91 Å². The summed E-state index contributed by atoms with van der Waals surface area (Å²) in [4.78, 5) is 25.2. The zero-order valence-electron chi connectivity index (χ0n) is 10.4. The summed E-state index contributed by atoms with van der Waals surface area (Å²) in [6.45, 7) is 4.12. The van der Waals surface area contributed by atoms with Gasteiger partial charge in [0.2, 0.25) is 5.91 Å². The van der Waals surface area contributed by atoms with Crippen LogP contribution in [0.15, 0.2) is 22.7 Å². The van der Waals surface area contributed by atoms with Gasteiger partial charge in [0.15, 0.2) is 0 Å². The standard InChI is InChI=1S/C13H15BrN2O2/c1-3-6-16-11-5-4-9(14)7-10(11)12(13(16)18)15-8(2)17/h4-5,7,12H,3,6H2,1-2H3,(H,15,17)/t12-/m1/s1. The first-order chi connectivity index (χ1) is 8.54. The third-order valence-corrected chi connectivity index (χ3v) is 3.39. The molecule has 96 valence electrons. The second-order valence-corrected chi connectivity index (χ2v) is 5.24. The minimum absolute atomic E-state index is 0.0554. The molecule has 1 heterocycles. The van der Waals surface area contributed by atoms with Gasteiger partial charge in [0, 0.05) is 29.2 Å². The Balaban J connectivity index is 2.43. The molecule has 0 aliphatic carbocycles. The summed E-state index contributed by atoms with van der Waals surface area (Å²) >= 11 is 3.39. The summed E-state index contributed by atoms with van der Waals surface area (Å²) in [6, 6.07) is 5.16. The van der Waals surface area contributed by atoms with Crippen LogP contribution in [0.2, 0.25) is 0 Å². The van der Waals surface area contributed by atoms with Gasteiger partial charge in [-0.1, -0.05) is 22.9 Å². The Hall–Kier alpha value is -1.36. The second kappa shape index (κ2) is 5.10. The lowest BCUT2D eigenvalue weighted by Gasteiger charge is -2.16. The number of rotatable bonds is 3. The Labute approximate surface area is 114 Å². The predicted molar refractivity (Wildman–Crippen MR) is 73.3 cm³/mol. The highest BCUT2D eigenvalue weighted by molar-refractivity contribution is 9.10. The van der Waals surface area contributed by atoms with Crippen LogP contribution < -0.4 is 10.2 Å². The molecule has 0 saturated carbocycles. The zero-order chi connectivity index (χ0) is 13.3. The van der Waals surface area contributed by atoms with Crippen LogP contribution in [0.5, 0.6) is 0 Å². The van der Waals surface area contributed by atoms with Crippen LogP contribution in [-0.2, 0) is 9.59 Å². The fourth-order valence-electron chi connectivity index (χ4n) is 2.21. The van der Waals surface area contributed by atoms with Gasteiger partial charge in [0.1, 0.15) is 6.04 Å². The lowest BCUT2D eigenvalue weighted by molar-refractivity contribution is -0.126. The van der Waals surface area contributed by atoms with E-state index in [1.54, 1.807) is 4.90 Å². The Morgan fingerprint density at radius 1 is 1.50 bits per heavy atom. The van der Waals surface area contributed by atoms with E-state index in [9.17, 15) is 9.59 Å². The molecule has 2 rings (SSSR count). The minimum atomic E-state index is -0.554. The molecule has 0 unspecified atom stereocenters. The average Bonchev–Trinajstić information content (AvgIpc) is 2.54. The van der Waals surface area contributed by atoms with E-state index in [0.717, 1.165) is 22.1 Å². The summed E-state index contributed by atoms with van der Waals surface area (Å²) in [7, 11) is 0. The van der Waals surface area contributed by atoms with Crippen molar-refractivity contribution in [3.05, 3.63) is 28.2 Å². The number of anilines is 1. The van der Waals surface area contributed by atoms with Crippen molar-refractivity contribution < 1.29 is 9.59 Å². The van der Waals surface area contributed by atoms with E-state index in [-0.39, 0.29) is 11.8 Å². The topological polar surface area (TPSA) is 49.4 Å². The molecular formula is C13H15BrN2O2. The van der Waals surface area contributed by atoms with Crippen LogP contribution in [0.1, 0.15) is 31.9 Å². The van der Waals surface area contributed by atoms with Crippen molar-refractivity contribution in [2.75, 3.05) is 11.4 Å². The van der Waals surface area contributed by atoms with E-state index in [2.05, 4.69) is 21.2 Å². The van der Waals surface area contributed by atoms with Gasteiger partial charge in [-0.15, -0.1) is 0 Å². The molecule has 0 fully saturated rings. The quantitative estimate of drug-likeness (QED) is 0.932. The van der Waals surface area contributed by atoms with Crippen LogP contribution in [0.4, 0.5) is 5.69 Å². The maximum atomic E-state index is 12.3. The maximum Gasteiger partial charge on any atom is 0.254 e. The number of carbonyl (C=O) groups is 2. The van der Waals surface area contributed by atoms with Gasteiger partial charge in [-0.3, -0.25) is 9.59 Å². The van der Waals surface area contributed by atoms with Crippen LogP contribution in [0.25, 0.3) is 0 Å². The monoisotopic (exact) mass is 310 g/mol. The number of benzene rings is 1.